The van der Waals surface area contributed by atoms with E-state index >= 15 is 0 Å². The molecule has 174 valence electrons. The number of nitrogens with zero attached hydrogens (tertiary/aromatic N) is 1. The highest BCUT2D eigenvalue weighted by Gasteiger charge is 2.71. The lowest BCUT2D eigenvalue weighted by atomic mass is 9.64. The highest BCUT2D eigenvalue weighted by molar-refractivity contribution is 6.06. The number of benzene rings is 2. The quantitative estimate of drug-likeness (QED) is 0.459. The van der Waals surface area contributed by atoms with Gasteiger partial charge in [0.25, 0.3) is 0 Å². The van der Waals surface area contributed by atoms with Gasteiger partial charge in [-0.15, -0.1) is 0 Å². The first-order valence-electron chi connectivity index (χ1n) is 11.5. The van der Waals surface area contributed by atoms with Gasteiger partial charge in [0, 0.05) is 17.5 Å². The van der Waals surface area contributed by atoms with Crippen LogP contribution in [0.2, 0.25) is 0 Å². The van der Waals surface area contributed by atoms with E-state index in [0.717, 1.165) is 30.7 Å². The van der Waals surface area contributed by atoms with Crippen LogP contribution in [0.4, 0.5) is 5.69 Å². The molecule has 2 aromatic rings. The molecule has 2 aromatic carbocycles. The number of rotatable bonds is 6. The van der Waals surface area contributed by atoms with Crippen molar-refractivity contribution in [3.05, 3.63) is 59.7 Å². The molecule has 0 heterocycles. The highest BCUT2D eigenvalue weighted by Crippen LogP contribution is 2.71. The first-order valence-corrected chi connectivity index (χ1v) is 11.5. The second kappa shape index (κ2) is 8.32. The van der Waals surface area contributed by atoms with E-state index < -0.39 is 11.4 Å². The summed E-state index contributed by atoms with van der Waals surface area (Å²) in [7, 11) is 1.57. The first-order chi connectivity index (χ1) is 15.7. The summed E-state index contributed by atoms with van der Waals surface area (Å²) in [4.78, 5) is 31.5. The van der Waals surface area contributed by atoms with E-state index in [4.69, 9.17) is 9.57 Å². The van der Waals surface area contributed by atoms with Crippen molar-refractivity contribution in [3.63, 3.8) is 0 Å². The summed E-state index contributed by atoms with van der Waals surface area (Å²) in [5.74, 6) is 0.147. The number of fused-ring (bicyclic) bond motifs is 2. The van der Waals surface area contributed by atoms with Crippen molar-refractivity contribution in [1.82, 2.24) is 0 Å². The fourth-order valence-corrected chi connectivity index (χ4v) is 5.47. The summed E-state index contributed by atoms with van der Waals surface area (Å²) >= 11 is 0. The van der Waals surface area contributed by atoms with Crippen molar-refractivity contribution in [3.8, 4) is 5.75 Å². The molecule has 0 saturated heterocycles. The summed E-state index contributed by atoms with van der Waals surface area (Å²) in [6.45, 7) is 8.50. The third-order valence-corrected chi connectivity index (χ3v) is 8.35. The molecule has 33 heavy (non-hydrogen) atoms. The van der Waals surface area contributed by atoms with Crippen LogP contribution in [0.15, 0.2) is 53.7 Å². The lowest BCUT2D eigenvalue weighted by molar-refractivity contribution is -0.130. The number of carbonyl (C=O) groups is 2. The molecule has 2 fully saturated rings. The second-order valence-electron chi connectivity index (χ2n) is 9.87. The van der Waals surface area contributed by atoms with Crippen LogP contribution in [0.5, 0.6) is 5.75 Å². The minimum Gasteiger partial charge on any atom is -0.497 e. The van der Waals surface area contributed by atoms with Gasteiger partial charge in [0.1, 0.15) is 5.75 Å². The van der Waals surface area contributed by atoms with Gasteiger partial charge >= 0.3 is 5.97 Å². The SMILES string of the molecule is CCc1ccc(NC(=O)C23CCC(C)(/C(=N\OC(=O)c4ccc(OC)cc4)C2)C3(C)C)cc1. The van der Waals surface area contributed by atoms with E-state index in [1.165, 1.54) is 5.56 Å². The molecule has 6 nitrogen and oxygen atoms in total. The smallest absolute Gasteiger partial charge is 0.365 e. The zero-order valence-corrected chi connectivity index (χ0v) is 20.0. The molecular formula is C27H32N2O4. The average molecular weight is 449 g/mol. The molecule has 6 heteroatoms. The topological polar surface area (TPSA) is 77.0 Å². The van der Waals surface area contributed by atoms with Crippen LogP contribution in [0.3, 0.4) is 0 Å². The van der Waals surface area contributed by atoms with E-state index in [2.05, 4.69) is 38.2 Å². The number of aryl methyl sites for hydroxylation is 1. The minimum atomic E-state index is -0.601. The largest absolute Gasteiger partial charge is 0.497 e. The predicted octanol–water partition coefficient (Wildman–Crippen LogP) is 5.63. The number of hydrogen-bond acceptors (Lipinski definition) is 5. The van der Waals surface area contributed by atoms with Gasteiger partial charge in [0.05, 0.1) is 23.8 Å². The molecule has 2 aliphatic carbocycles. The third-order valence-electron chi connectivity index (χ3n) is 8.35. The fourth-order valence-electron chi connectivity index (χ4n) is 5.47. The van der Waals surface area contributed by atoms with E-state index in [9.17, 15) is 9.59 Å². The van der Waals surface area contributed by atoms with Crippen molar-refractivity contribution in [2.75, 3.05) is 12.4 Å². The first kappa shape index (κ1) is 23.0. The van der Waals surface area contributed by atoms with Gasteiger partial charge in [0.15, 0.2) is 0 Å². The number of nitrogens with one attached hydrogen (secondary N) is 1. The highest BCUT2D eigenvalue weighted by atomic mass is 16.7. The Morgan fingerprint density at radius 2 is 1.67 bits per heavy atom. The van der Waals surface area contributed by atoms with Gasteiger partial charge in [-0.1, -0.05) is 45.0 Å². The summed E-state index contributed by atoms with van der Waals surface area (Å²) in [6.07, 6.45) is 3.03. The molecule has 1 amide bonds. The number of hydrogen-bond donors (Lipinski definition) is 1. The molecular weight excluding hydrogens is 416 g/mol. The zero-order chi connectivity index (χ0) is 23.9. The van der Waals surface area contributed by atoms with Crippen LogP contribution < -0.4 is 10.1 Å². The molecule has 0 aliphatic heterocycles. The molecule has 0 aromatic heterocycles. The second-order valence-corrected chi connectivity index (χ2v) is 9.87. The minimum absolute atomic E-state index is 0.00662. The van der Waals surface area contributed by atoms with Gasteiger partial charge in [-0.2, -0.15) is 0 Å². The Morgan fingerprint density at radius 3 is 2.27 bits per heavy atom. The summed E-state index contributed by atoms with van der Waals surface area (Å²) in [5, 5.41) is 7.44. The number of ether oxygens (including phenoxy) is 1. The summed E-state index contributed by atoms with van der Waals surface area (Å²) in [5.41, 5.74) is 1.94. The molecule has 4 rings (SSSR count). The van der Waals surface area contributed by atoms with Crippen LogP contribution in [0, 0.1) is 16.2 Å². The zero-order valence-electron chi connectivity index (χ0n) is 20.0. The van der Waals surface area contributed by atoms with Crippen molar-refractivity contribution in [2.24, 2.45) is 21.4 Å². The Hall–Kier alpha value is -3.15. The van der Waals surface area contributed by atoms with E-state index in [0.29, 0.717) is 17.7 Å². The van der Waals surface area contributed by atoms with Gasteiger partial charge in [-0.25, -0.2) is 4.79 Å². The third kappa shape index (κ3) is 3.62. The number of anilines is 1. The Labute approximate surface area is 195 Å². The number of oxime groups is 1. The normalized spacial score (nSPS) is 26.3. The standard InChI is InChI=1S/C27H32N2O4/c1-6-18-7-11-20(12-8-18)28-24(31)27-16-15-26(4,25(27,2)3)22(17-27)29-33-23(30)19-9-13-21(32-5)14-10-19/h7-14H,6,15-17H2,1-5H3,(H,28,31)/b29-22-. The summed E-state index contributed by atoms with van der Waals surface area (Å²) < 4.78 is 5.13. The molecule has 0 spiro atoms. The fraction of sp³-hybridized carbons (Fsp3) is 0.444. The maximum absolute atomic E-state index is 13.6. The lowest BCUT2D eigenvalue weighted by Gasteiger charge is -2.39. The van der Waals surface area contributed by atoms with Gasteiger partial charge < -0.3 is 14.9 Å². The van der Waals surface area contributed by atoms with Crippen LogP contribution in [0.1, 0.15) is 62.9 Å². The monoisotopic (exact) mass is 448 g/mol. The van der Waals surface area contributed by atoms with Gasteiger partial charge in [-0.05, 0) is 66.6 Å². The Bertz CT molecular complexity index is 1090. The van der Waals surface area contributed by atoms with Crippen LogP contribution in [-0.4, -0.2) is 24.7 Å². The number of methoxy groups -OCH3 is 1. The molecule has 1 N–H and O–H groups in total. The van der Waals surface area contributed by atoms with Crippen molar-refractivity contribution >= 4 is 23.3 Å². The predicted molar refractivity (Wildman–Crippen MR) is 128 cm³/mol. The molecule has 2 aliphatic rings. The summed E-state index contributed by atoms with van der Waals surface area (Å²) in [6, 6.07) is 14.7. The van der Waals surface area contributed by atoms with E-state index in [-0.39, 0.29) is 16.7 Å². The van der Waals surface area contributed by atoms with Gasteiger partial charge in [-0.3, -0.25) is 4.79 Å². The number of carbonyl (C=O) groups excluding carboxylic acids is 2. The Kier molecular flexibility index (Phi) is 5.81. The Morgan fingerprint density at radius 1 is 1.00 bits per heavy atom. The van der Waals surface area contributed by atoms with Gasteiger partial charge in [0.2, 0.25) is 5.91 Å². The van der Waals surface area contributed by atoms with E-state index in [1.54, 1.807) is 31.4 Å². The van der Waals surface area contributed by atoms with Crippen molar-refractivity contribution in [1.29, 1.82) is 0 Å². The van der Waals surface area contributed by atoms with Crippen LogP contribution >= 0.6 is 0 Å². The number of amides is 1. The Balaban J connectivity index is 1.54. The van der Waals surface area contributed by atoms with Crippen LogP contribution in [0.25, 0.3) is 0 Å². The molecule has 0 radical (unpaired) electrons. The maximum Gasteiger partial charge on any atom is 0.365 e. The van der Waals surface area contributed by atoms with Crippen molar-refractivity contribution in [2.45, 2.75) is 53.4 Å². The van der Waals surface area contributed by atoms with E-state index in [1.807, 2.05) is 24.3 Å². The molecule has 2 atom stereocenters. The molecule has 2 saturated carbocycles. The maximum atomic E-state index is 13.6. The molecule has 2 bridgehead atoms. The van der Waals surface area contributed by atoms with Crippen LogP contribution in [-0.2, 0) is 16.1 Å². The lowest BCUT2D eigenvalue weighted by Crippen LogP contribution is -2.43. The average Bonchev–Trinajstić information content (AvgIpc) is 3.14. The molecule has 2 unspecified atom stereocenters. The van der Waals surface area contributed by atoms with Crippen molar-refractivity contribution < 1.29 is 19.2 Å².